The standard InChI is InChI=1S/C19H24N2O3S/c1-2-24-16-7-5-15(6-8-16)19(22)20-14-17(18-4-3-13-25-18)21-9-11-23-12-10-21/h3-8,13,17H,2,9-12,14H2,1H3,(H,20,22)/t17-/m0/s1. The Labute approximate surface area is 152 Å². The molecule has 2 aromatic rings. The van der Waals surface area contributed by atoms with E-state index in [0.29, 0.717) is 18.7 Å². The fraction of sp³-hybridized carbons (Fsp3) is 0.421. The Bertz CT molecular complexity index is 652. The van der Waals surface area contributed by atoms with E-state index in [4.69, 9.17) is 9.47 Å². The van der Waals surface area contributed by atoms with Crippen molar-refractivity contribution in [1.82, 2.24) is 10.2 Å². The molecule has 1 aromatic carbocycles. The third kappa shape index (κ3) is 4.81. The molecule has 1 aliphatic heterocycles. The summed E-state index contributed by atoms with van der Waals surface area (Å²) in [5.74, 6) is 0.724. The van der Waals surface area contributed by atoms with Crippen molar-refractivity contribution in [3.63, 3.8) is 0 Å². The van der Waals surface area contributed by atoms with Gasteiger partial charge in [-0.1, -0.05) is 6.07 Å². The topological polar surface area (TPSA) is 50.8 Å². The molecule has 1 fully saturated rings. The number of morpholine rings is 1. The highest BCUT2D eigenvalue weighted by Gasteiger charge is 2.24. The molecule has 0 unspecified atom stereocenters. The zero-order chi connectivity index (χ0) is 17.5. The van der Waals surface area contributed by atoms with Gasteiger partial charge in [0.05, 0.1) is 25.9 Å². The number of benzene rings is 1. The van der Waals surface area contributed by atoms with E-state index < -0.39 is 0 Å². The monoisotopic (exact) mass is 360 g/mol. The molecule has 0 spiro atoms. The molecule has 0 aliphatic carbocycles. The summed E-state index contributed by atoms with van der Waals surface area (Å²) in [6, 6.07) is 11.6. The van der Waals surface area contributed by atoms with Gasteiger partial charge in [-0.05, 0) is 42.6 Å². The van der Waals surface area contributed by atoms with Crippen molar-refractivity contribution in [3.05, 3.63) is 52.2 Å². The number of rotatable bonds is 7. The van der Waals surface area contributed by atoms with Crippen molar-refractivity contribution in [2.24, 2.45) is 0 Å². The summed E-state index contributed by atoms with van der Waals surface area (Å²) >= 11 is 1.73. The van der Waals surface area contributed by atoms with Crippen LogP contribution in [0.4, 0.5) is 0 Å². The number of hydrogen-bond acceptors (Lipinski definition) is 5. The second kappa shape index (κ2) is 8.99. The van der Waals surface area contributed by atoms with E-state index in [1.807, 2.05) is 19.1 Å². The van der Waals surface area contributed by atoms with E-state index in [9.17, 15) is 4.79 Å². The highest BCUT2D eigenvalue weighted by atomic mass is 32.1. The molecular formula is C19H24N2O3S. The van der Waals surface area contributed by atoms with Crippen LogP contribution in [-0.2, 0) is 4.74 Å². The number of carbonyl (C=O) groups is 1. The molecule has 1 N–H and O–H groups in total. The van der Waals surface area contributed by atoms with E-state index >= 15 is 0 Å². The average Bonchev–Trinajstić information content (AvgIpc) is 3.18. The lowest BCUT2D eigenvalue weighted by atomic mass is 10.1. The Hall–Kier alpha value is -1.89. The number of ether oxygens (including phenoxy) is 2. The minimum atomic E-state index is -0.0575. The first kappa shape index (κ1) is 17.9. The Morgan fingerprint density at radius 3 is 2.68 bits per heavy atom. The van der Waals surface area contributed by atoms with E-state index in [0.717, 1.165) is 32.1 Å². The number of hydrogen-bond donors (Lipinski definition) is 1. The Morgan fingerprint density at radius 1 is 1.28 bits per heavy atom. The summed E-state index contributed by atoms with van der Waals surface area (Å²) in [5, 5.41) is 5.16. The van der Waals surface area contributed by atoms with Gasteiger partial charge >= 0.3 is 0 Å². The van der Waals surface area contributed by atoms with Gasteiger partial charge in [-0.3, -0.25) is 9.69 Å². The maximum absolute atomic E-state index is 12.5. The van der Waals surface area contributed by atoms with Crippen LogP contribution in [0.25, 0.3) is 0 Å². The van der Waals surface area contributed by atoms with Gasteiger partial charge in [-0.25, -0.2) is 0 Å². The van der Waals surface area contributed by atoms with Gasteiger partial charge in [-0.15, -0.1) is 11.3 Å². The third-order valence-electron chi connectivity index (χ3n) is 4.24. The SMILES string of the molecule is CCOc1ccc(C(=O)NC[C@@H](c2cccs2)N2CCOCC2)cc1. The molecule has 1 atom stereocenters. The van der Waals surface area contributed by atoms with Gasteiger partial charge in [0.15, 0.2) is 0 Å². The largest absolute Gasteiger partial charge is 0.494 e. The van der Waals surface area contributed by atoms with Gasteiger partial charge in [0.25, 0.3) is 5.91 Å². The van der Waals surface area contributed by atoms with Gasteiger partial charge in [0.1, 0.15) is 5.75 Å². The molecule has 134 valence electrons. The molecule has 0 saturated carbocycles. The highest BCUT2D eigenvalue weighted by molar-refractivity contribution is 7.10. The molecule has 3 rings (SSSR count). The van der Waals surface area contributed by atoms with Crippen molar-refractivity contribution in [2.75, 3.05) is 39.5 Å². The molecule has 0 radical (unpaired) electrons. The van der Waals surface area contributed by atoms with Gasteiger partial charge in [-0.2, -0.15) is 0 Å². The van der Waals surface area contributed by atoms with E-state index in [1.165, 1.54) is 4.88 Å². The maximum atomic E-state index is 12.5. The summed E-state index contributed by atoms with van der Waals surface area (Å²) in [6.45, 7) is 6.42. The zero-order valence-corrected chi connectivity index (χ0v) is 15.3. The minimum Gasteiger partial charge on any atom is -0.494 e. The van der Waals surface area contributed by atoms with Crippen LogP contribution in [0.2, 0.25) is 0 Å². The van der Waals surface area contributed by atoms with Crippen LogP contribution in [0.1, 0.15) is 28.2 Å². The number of amides is 1. The highest BCUT2D eigenvalue weighted by Crippen LogP contribution is 2.25. The van der Waals surface area contributed by atoms with Crippen LogP contribution in [0, 0.1) is 0 Å². The summed E-state index contributed by atoms with van der Waals surface area (Å²) < 4.78 is 10.9. The molecule has 1 aliphatic rings. The summed E-state index contributed by atoms with van der Waals surface area (Å²) in [7, 11) is 0. The van der Waals surface area contributed by atoms with Crippen LogP contribution in [0.3, 0.4) is 0 Å². The Morgan fingerprint density at radius 2 is 2.04 bits per heavy atom. The fourth-order valence-electron chi connectivity index (χ4n) is 2.94. The van der Waals surface area contributed by atoms with E-state index in [-0.39, 0.29) is 11.9 Å². The smallest absolute Gasteiger partial charge is 0.251 e. The number of thiophene rings is 1. The molecule has 5 nitrogen and oxygen atoms in total. The third-order valence-corrected chi connectivity index (χ3v) is 5.22. The number of nitrogens with zero attached hydrogens (tertiary/aromatic N) is 1. The second-order valence-electron chi connectivity index (χ2n) is 5.85. The van der Waals surface area contributed by atoms with Gasteiger partial charge in [0.2, 0.25) is 0 Å². The predicted molar refractivity (Wildman–Crippen MR) is 99.4 cm³/mol. The lowest BCUT2D eigenvalue weighted by Crippen LogP contribution is -2.43. The fourth-order valence-corrected chi connectivity index (χ4v) is 3.80. The zero-order valence-electron chi connectivity index (χ0n) is 14.4. The van der Waals surface area contributed by atoms with Crippen LogP contribution in [0.5, 0.6) is 5.75 Å². The molecule has 1 saturated heterocycles. The lowest BCUT2D eigenvalue weighted by molar-refractivity contribution is 0.0169. The number of nitrogens with one attached hydrogen (secondary N) is 1. The van der Waals surface area contributed by atoms with Crippen molar-refractivity contribution < 1.29 is 14.3 Å². The molecule has 0 bridgehead atoms. The van der Waals surface area contributed by atoms with Crippen LogP contribution in [-0.4, -0.2) is 50.3 Å². The van der Waals surface area contributed by atoms with Crippen LogP contribution < -0.4 is 10.1 Å². The predicted octanol–water partition coefficient (Wildman–Crippen LogP) is 2.95. The molecule has 2 heterocycles. The van der Waals surface area contributed by atoms with Gasteiger partial charge in [0, 0.05) is 30.1 Å². The maximum Gasteiger partial charge on any atom is 0.251 e. The van der Waals surface area contributed by atoms with Gasteiger partial charge < -0.3 is 14.8 Å². The summed E-state index contributed by atoms with van der Waals surface area (Å²) in [5.41, 5.74) is 0.648. The Kier molecular flexibility index (Phi) is 6.44. The van der Waals surface area contributed by atoms with Crippen molar-refractivity contribution in [3.8, 4) is 5.75 Å². The average molecular weight is 360 g/mol. The molecule has 1 amide bonds. The molecule has 1 aromatic heterocycles. The van der Waals surface area contributed by atoms with Crippen molar-refractivity contribution in [2.45, 2.75) is 13.0 Å². The normalized spacial score (nSPS) is 16.4. The summed E-state index contributed by atoms with van der Waals surface area (Å²) in [4.78, 5) is 16.1. The first-order valence-corrected chi connectivity index (χ1v) is 9.52. The minimum absolute atomic E-state index is 0.0575. The van der Waals surface area contributed by atoms with Crippen molar-refractivity contribution >= 4 is 17.2 Å². The van der Waals surface area contributed by atoms with E-state index in [2.05, 4.69) is 27.7 Å². The summed E-state index contributed by atoms with van der Waals surface area (Å²) in [6.07, 6.45) is 0. The lowest BCUT2D eigenvalue weighted by Gasteiger charge is -2.34. The first-order chi connectivity index (χ1) is 12.3. The molecule has 6 heteroatoms. The molecular weight excluding hydrogens is 336 g/mol. The number of carbonyl (C=O) groups excluding carboxylic acids is 1. The first-order valence-electron chi connectivity index (χ1n) is 8.64. The Balaban J connectivity index is 1.62. The second-order valence-corrected chi connectivity index (χ2v) is 6.83. The van der Waals surface area contributed by atoms with Crippen LogP contribution >= 0.6 is 11.3 Å². The quantitative estimate of drug-likeness (QED) is 0.825. The van der Waals surface area contributed by atoms with E-state index in [1.54, 1.807) is 23.5 Å². The molecule has 25 heavy (non-hydrogen) atoms. The van der Waals surface area contributed by atoms with Crippen LogP contribution in [0.15, 0.2) is 41.8 Å². The van der Waals surface area contributed by atoms with Crippen molar-refractivity contribution in [1.29, 1.82) is 0 Å².